The van der Waals surface area contributed by atoms with E-state index in [1.165, 1.54) is 49.7 Å². The molecule has 0 amide bonds. The van der Waals surface area contributed by atoms with Crippen LogP contribution in [0.1, 0.15) is 27.9 Å². The average molecular weight is 841 g/mol. The first-order valence-corrected chi connectivity index (χ1v) is 22.7. The van der Waals surface area contributed by atoms with Crippen molar-refractivity contribution in [2.24, 2.45) is 0 Å². The van der Waals surface area contributed by atoms with E-state index in [0.29, 0.717) is 0 Å². The summed E-state index contributed by atoms with van der Waals surface area (Å²) in [6.45, 7) is 2.02. The van der Waals surface area contributed by atoms with Crippen LogP contribution < -0.4 is 0 Å². The predicted molar refractivity (Wildman–Crippen MR) is 274 cm³/mol. The molecule has 1 aliphatic rings. The van der Waals surface area contributed by atoms with Gasteiger partial charge in [0.1, 0.15) is 0 Å². The lowest BCUT2D eigenvalue weighted by Crippen LogP contribution is -2.28. The third-order valence-corrected chi connectivity index (χ3v) is 13.5. The lowest BCUT2D eigenvalue weighted by Gasteiger charge is -2.34. The van der Waals surface area contributed by atoms with Crippen molar-refractivity contribution >= 4 is 10.8 Å². The third-order valence-electron chi connectivity index (χ3n) is 13.5. The van der Waals surface area contributed by atoms with Crippen molar-refractivity contribution in [3.05, 3.63) is 277 Å². The molecular formula is C64H44N2. The Kier molecular flexibility index (Phi) is 9.65. The normalized spacial score (nSPS) is 12.4. The molecule has 12 rings (SSSR count). The van der Waals surface area contributed by atoms with Gasteiger partial charge >= 0.3 is 0 Å². The van der Waals surface area contributed by atoms with Gasteiger partial charge in [0.25, 0.3) is 0 Å². The summed E-state index contributed by atoms with van der Waals surface area (Å²) in [5, 5.41) is 2.45. The lowest BCUT2D eigenvalue weighted by molar-refractivity contribution is 0.769. The molecule has 11 aromatic rings. The fourth-order valence-corrected chi connectivity index (χ4v) is 10.4. The van der Waals surface area contributed by atoms with E-state index in [1.807, 2.05) is 13.1 Å². The second-order valence-electron chi connectivity index (χ2n) is 17.3. The maximum Gasteiger partial charge on any atom is 0.0716 e. The van der Waals surface area contributed by atoms with Crippen molar-refractivity contribution < 1.29 is 0 Å². The molecule has 310 valence electrons. The molecule has 0 aliphatic heterocycles. The van der Waals surface area contributed by atoms with E-state index < -0.39 is 5.41 Å². The molecule has 66 heavy (non-hydrogen) atoms. The van der Waals surface area contributed by atoms with Gasteiger partial charge in [-0.3, -0.25) is 4.98 Å². The van der Waals surface area contributed by atoms with Gasteiger partial charge in [-0.2, -0.15) is 0 Å². The summed E-state index contributed by atoms with van der Waals surface area (Å²) in [6.07, 6.45) is 1.96. The molecule has 1 aliphatic carbocycles. The van der Waals surface area contributed by atoms with Crippen LogP contribution in [0.2, 0.25) is 0 Å². The smallest absolute Gasteiger partial charge is 0.0716 e. The van der Waals surface area contributed by atoms with Crippen LogP contribution in [0.25, 0.3) is 88.9 Å². The van der Waals surface area contributed by atoms with E-state index in [0.717, 1.165) is 67.2 Å². The number of aryl methyl sites for hydroxylation is 1. The Morgan fingerprint density at radius 2 is 0.803 bits per heavy atom. The molecule has 0 fully saturated rings. The quantitative estimate of drug-likeness (QED) is 0.152. The molecule has 0 unspecified atom stereocenters. The van der Waals surface area contributed by atoms with Crippen LogP contribution >= 0.6 is 0 Å². The van der Waals surface area contributed by atoms with Crippen LogP contribution in [0.5, 0.6) is 0 Å². The Labute approximate surface area is 386 Å². The molecule has 2 heteroatoms. The molecular weight excluding hydrogens is 797 g/mol. The molecule has 2 nitrogen and oxygen atoms in total. The van der Waals surface area contributed by atoms with E-state index in [1.54, 1.807) is 0 Å². The van der Waals surface area contributed by atoms with Gasteiger partial charge in [-0.15, -0.1) is 0 Å². The highest BCUT2D eigenvalue weighted by Crippen LogP contribution is 2.59. The van der Waals surface area contributed by atoms with Gasteiger partial charge in [0.2, 0.25) is 0 Å². The summed E-state index contributed by atoms with van der Waals surface area (Å²) in [4.78, 5) is 10.1. The fraction of sp³-hybridized carbons (Fsp3) is 0.0312. The largest absolute Gasteiger partial charge is 0.261 e. The zero-order valence-corrected chi connectivity index (χ0v) is 36.6. The Morgan fingerprint density at radius 1 is 0.318 bits per heavy atom. The highest BCUT2D eigenvalue weighted by atomic mass is 14.7. The highest BCUT2D eigenvalue weighted by Gasteiger charge is 2.47. The van der Waals surface area contributed by atoms with Crippen LogP contribution in [-0.4, -0.2) is 9.97 Å². The first-order chi connectivity index (χ1) is 32.6. The summed E-state index contributed by atoms with van der Waals surface area (Å²) in [6, 6.07) is 88.6. The van der Waals surface area contributed by atoms with Gasteiger partial charge in [0, 0.05) is 28.6 Å². The van der Waals surface area contributed by atoms with Crippen molar-refractivity contribution in [1.82, 2.24) is 9.97 Å². The Morgan fingerprint density at radius 3 is 1.45 bits per heavy atom. The highest BCUT2D eigenvalue weighted by molar-refractivity contribution is 6.10. The molecule has 0 saturated carbocycles. The first kappa shape index (κ1) is 39.2. The molecule has 0 radical (unpaired) electrons. The summed E-state index contributed by atoms with van der Waals surface area (Å²) in [5.74, 6) is 0. The number of rotatable bonds is 8. The topological polar surface area (TPSA) is 25.8 Å². The molecule has 9 aromatic carbocycles. The molecule has 2 aromatic heterocycles. The second kappa shape index (κ2) is 16.3. The van der Waals surface area contributed by atoms with Crippen LogP contribution in [0.15, 0.2) is 249 Å². The molecule has 0 spiro atoms. The van der Waals surface area contributed by atoms with Gasteiger partial charge in [0.15, 0.2) is 0 Å². The maximum atomic E-state index is 5.47. The zero-order valence-electron chi connectivity index (χ0n) is 36.6. The van der Waals surface area contributed by atoms with Crippen molar-refractivity contribution in [3.63, 3.8) is 0 Å². The van der Waals surface area contributed by atoms with E-state index in [4.69, 9.17) is 4.98 Å². The Bertz CT molecular complexity index is 3450. The SMILES string of the molecule is Cc1ccc(-c2ccc(-c3cc(-c4cc(-c5ccccc5)cc(-c5ccccc5)n4)cc(-c4cc5c(c6ccccc46)-c4ccccc4C5(c4ccccc4)c4ccccc4)c3)cc2)cn1. The Hall–Kier alpha value is -8.46. The monoisotopic (exact) mass is 840 g/mol. The summed E-state index contributed by atoms with van der Waals surface area (Å²) >= 11 is 0. The van der Waals surface area contributed by atoms with Gasteiger partial charge in [-0.1, -0.05) is 200 Å². The zero-order chi connectivity index (χ0) is 44.0. The standard InChI is InChI=1S/C64H44N2/c1-43-30-31-48(42-65-43)45-32-34-46(35-33-45)49-36-51(38-52(37-49)62-40-50(44-18-6-2-7-19-44)39-61(66-62)47-20-8-3-9-21-47)58-41-60-63(56-27-15-14-26-55(56)58)57-28-16-17-29-59(57)64(60,53-22-10-4-11-23-53)54-24-12-5-13-25-54/h2-42H,1H3. The van der Waals surface area contributed by atoms with Gasteiger partial charge in [-0.05, 0) is 132 Å². The van der Waals surface area contributed by atoms with E-state index in [-0.39, 0.29) is 0 Å². The van der Waals surface area contributed by atoms with Crippen LogP contribution in [-0.2, 0) is 5.41 Å². The van der Waals surface area contributed by atoms with Crippen LogP contribution in [0, 0.1) is 6.92 Å². The molecule has 2 heterocycles. The number of fused-ring (bicyclic) bond motifs is 5. The Balaban J connectivity index is 1.14. The number of hydrogen-bond donors (Lipinski definition) is 0. The minimum absolute atomic E-state index is 0.551. The maximum absolute atomic E-state index is 5.47. The molecule has 0 saturated heterocycles. The first-order valence-electron chi connectivity index (χ1n) is 22.7. The predicted octanol–water partition coefficient (Wildman–Crippen LogP) is 16.3. The summed E-state index contributed by atoms with van der Waals surface area (Å²) in [5.41, 5.74) is 21.2. The third kappa shape index (κ3) is 6.66. The number of pyridine rings is 2. The average Bonchev–Trinajstić information content (AvgIpc) is 3.70. The lowest BCUT2D eigenvalue weighted by atomic mass is 9.67. The van der Waals surface area contributed by atoms with Crippen molar-refractivity contribution in [3.8, 4) is 78.1 Å². The van der Waals surface area contributed by atoms with Crippen molar-refractivity contribution in [2.75, 3.05) is 0 Å². The number of aromatic nitrogens is 2. The van der Waals surface area contributed by atoms with Crippen molar-refractivity contribution in [2.45, 2.75) is 12.3 Å². The van der Waals surface area contributed by atoms with Gasteiger partial charge in [0.05, 0.1) is 16.8 Å². The number of benzene rings is 9. The minimum atomic E-state index is -0.551. The van der Waals surface area contributed by atoms with Crippen molar-refractivity contribution in [1.29, 1.82) is 0 Å². The minimum Gasteiger partial charge on any atom is -0.261 e. The van der Waals surface area contributed by atoms with E-state index >= 15 is 0 Å². The molecule has 0 N–H and O–H groups in total. The molecule has 0 bridgehead atoms. The van der Waals surface area contributed by atoms with Crippen LogP contribution in [0.3, 0.4) is 0 Å². The van der Waals surface area contributed by atoms with Crippen LogP contribution in [0.4, 0.5) is 0 Å². The van der Waals surface area contributed by atoms with Gasteiger partial charge < -0.3 is 0 Å². The second-order valence-corrected chi connectivity index (χ2v) is 17.3. The van der Waals surface area contributed by atoms with E-state index in [2.05, 4.69) is 248 Å². The fourth-order valence-electron chi connectivity index (χ4n) is 10.4. The van der Waals surface area contributed by atoms with E-state index in [9.17, 15) is 0 Å². The summed E-state index contributed by atoms with van der Waals surface area (Å²) < 4.78 is 0. The number of hydrogen-bond acceptors (Lipinski definition) is 2. The summed E-state index contributed by atoms with van der Waals surface area (Å²) in [7, 11) is 0. The molecule has 0 atom stereocenters. The number of nitrogens with zero attached hydrogens (tertiary/aromatic N) is 2. The van der Waals surface area contributed by atoms with Gasteiger partial charge in [-0.25, -0.2) is 4.98 Å².